The summed E-state index contributed by atoms with van der Waals surface area (Å²) < 4.78 is 6.54. The lowest BCUT2D eigenvalue weighted by Gasteiger charge is -2.09. The number of rotatable bonds is 9. The van der Waals surface area contributed by atoms with Crippen molar-refractivity contribution in [1.29, 1.82) is 0 Å². The average Bonchev–Trinajstić information content (AvgIpc) is 2.98. The van der Waals surface area contributed by atoms with Crippen LogP contribution in [0.5, 0.6) is 5.75 Å². The average molecular weight is 761 g/mol. The summed E-state index contributed by atoms with van der Waals surface area (Å²) in [6, 6.07) is 19.7. The van der Waals surface area contributed by atoms with Crippen molar-refractivity contribution in [3.63, 3.8) is 0 Å². The Hall–Kier alpha value is -4.36. The summed E-state index contributed by atoms with van der Waals surface area (Å²) in [6.45, 7) is 0. The van der Waals surface area contributed by atoms with Gasteiger partial charge < -0.3 is 10.1 Å². The highest BCUT2D eigenvalue weighted by Crippen LogP contribution is 2.32. The first-order valence-electron chi connectivity index (χ1n) is 12.3. The van der Waals surface area contributed by atoms with Crippen molar-refractivity contribution in [1.82, 2.24) is 5.43 Å². The van der Waals surface area contributed by atoms with Gasteiger partial charge in [-0.3, -0.25) is 19.7 Å². The molecule has 4 aromatic carbocycles. The number of nitrogens with zero attached hydrogens (tertiary/aromatic N) is 2. The first-order valence-corrected chi connectivity index (χ1v) is 14.7. The van der Waals surface area contributed by atoms with Crippen molar-refractivity contribution in [2.24, 2.45) is 5.10 Å². The number of carbonyl (C=O) groups excluding carboxylic acids is 3. The van der Waals surface area contributed by atoms with Crippen LogP contribution in [0, 0.1) is 10.1 Å². The maximum absolute atomic E-state index is 12.8. The molecule has 10 nitrogen and oxygen atoms in total. The number of esters is 1. The van der Waals surface area contributed by atoms with Crippen LogP contribution in [0.4, 0.5) is 11.4 Å². The zero-order chi connectivity index (χ0) is 31.8. The summed E-state index contributed by atoms with van der Waals surface area (Å²) in [7, 11) is 0. The molecule has 0 fully saturated rings. The summed E-state index contributed by atoms with van der Waals surface area (Å²) in [4.78, 5) is 48.4. The number of hydrazone groups is 1. The van der Waals surface area contributed by atoms with Crippen LogP contribution in [0.1, 0.15) is 31.8 Å². The molecule has 2 amide bonds. The third-order valence-electron chi connectivity index (χ3n) is 5.66. The van der Waals surface area contributed by atoms with E-state index in [0.717, 1.165) is 6.08 Å². The second-order valence-corrected chi connectivity index (χ2v) is 11.4. The summed E-state index contributed by atoms with van der Waals surface area (Å²) in [5.74, 6) is -1.69. The maximum Gasteiger partial charge on any atom is 0.336 e. The zero-order valence-electron chi connectivity index (χ0n) is 22.1. The minimum absolute atomic E-state index is 0.115. The molecule has 0 aromatic heterocycles. The van der Waals surface area contributed by atoms with Crippen LogP contribution in [0.15, 0.2) is 99.0 Å². The van der Waals surface area contributed by atoms with Crippen LogP contribution in [0.3, 0.4) is 0 Å². The van der Waals surface area contributed by atoms with Crippen LogP contribution in [-0.2, 0) is 4.79 Å². The van der Waals surface area contributed by atoms with Gasteiger partial charge >= 0.3 is 5.97 Å². The summed E-state index contributed by atoms with van der Waals surface area (Å²) in [6.07, 6.45) is 3.80. The molecular weight excluding hydrogens is 743 g/mol. The molecule has 0 unspecified atom stereocenters. The fraction of sp³-hybridized carbons (Fsp3) is 0. The van der Waals surface area contributed by atoms with E-state index in [1.807, 2.05) is 0 Å². The van der Waals surface area contributed by atoms with Gasteiger partial charge in [0.2, 0.25) is 0 Å². The van der Waals surface area contributed by atoms with Crippen molar-refractivity contribution < 1.29 is 24.0 Å². The van der Waals surface area contributed by atoms with Crippen molar-refractivity contribution >= 4 is 96.5 Å². The number of carbonyl (C=O) groups is 3. The van der Waals surface area contributed by atoms with Gasteiger partial charge in [-0.15, -0.1) is 0 Å². The first kappa shape index (κ1) is 32.6. The van der Waals surface area contributed by atoms with Gasteiger partial charge in [0.15, 0.2) is 5.75 Å². The molecule has 4 rings (SSSR count). The number of nitro benzene ring substituents is 1. The second kappa shape index (κ2) is 14.9. The molecule has 0 saturated heterocycles. The zero-order valence-corrected chi connectivity index (χ0v) is 26.8. The predicted molar refractivity (Wildman–Crippen MR) is 176 cm³/mol. The maximum atomic E-state index is 12.8. The van der Waals surface area contributed by atoms with Gasteiger partial charge in [-0.2, -0.15) is 5.10 Å². The fourth-order valence-corrected chi connectivity index (χ4v) is 5.49. The lowest BCUT2D eigenvalue weighted by molar-refractivity contribution is -0.384. The number of hydrogen-bond acceptors (Lipinski definition) is 7. The minimum Gasteiger partial charge on any atom is -0.421 e. The summed E-state index contributed by atoms with van der Waals surface area (Å²) in [5, 5.41) is 18.2. The van der Waals surface area contributed by atoms with E-state index in [4.69, 9.17) is 27.9 Å². The smallest absolute Gasteiger partial charge is 0.336 e. The van der Waals surface area contributed by atoms with Gasteiger partial charge in [0.05, 0.1) is 26.2 Å². The van der Waals surface area contributed by atoms with E-state index >= 15 is 0 Å². The lowest BCUT2D eigenvalue weighted by Crippen LogP contribution is -2.18. The van der Waals surface area contributed by atoms with Crippen LogP contribution >= 0.6 is 55.1 Å². The molecule has 0 aliphatic rings. The largest absolute Gasteiger partial charge is 0.421 e. The van der Waals surface area contributed by atoms with Gasteiger partial charge in [0.1, 0.15) is 0 Å². The number of hydrogen-bond donors (Lipinski definition) is 2. The molecule has 4 aromatic rings. The molecule has 0 aliphatic heterocycles. The topological polar surface area (TPSA) is 140 Å². The normalized spacial score (nSPS) is 11.0. The van der Waals surface area contributed by atoms with Crippen LogP contribution in [0.2, 0.25) is 10.0 Å². The first-order chi connectivity index (χ1) is 21.0. The lowest BCUT2D eigenvalue weighted by atomic mass is 10.1. The van der Waals surface area contributed by atoms with E-state index in [9.17, 15) is 24.5 Å². The molecular formula is C30H18Br2Cl2N4O6. The molecule has 0 aliphatic carbocycles. The Morgan fingerprint density at radius 2 is 1.70 bits per heavy atom. The highest BCUT2D eigenvalue weighted by Gasteiger charge is 2.15. The van der Waals surface area contributed by atoms with E-state index in [1.54, 1.807) is 30.3 Å². The Morgan fingerprint density at radius 1 is 0.932 bits per heavy atom. The number of halogens is 4. The Bertz CT molecular complexity index is 1850. The Morgan fingerprint density at radius 3 is 2.45 bits per heavy atom. The third kappa shape index (κ3) is 8.83. The Balaban J connectivity index is 1.44. The molecule has 2 N–H and O–H groups in total. The molecule has 14 heteroatoms. The van der Waals surface area contributed by atoms with Gasteiger partial charge in [-0.1, -0.05) is 57.3 Å². The highest BCUT2D eigenvalue weighted by atomic mass is 79.9. The third-order valence-corrected chi connectivity index (χ3v) is 7.26. The fourth-order valence-electron chi connectivity index (χ4n) is 3.66. The second-order valence-electron chi connectivity index (χ2n) is 8.77. The number of anilines is 1. The van der Waals surface area contributed by atoms with Crippen molar-refractivity contribution in [3.05, 3.63) is 136 Å². The molecule has 0 radical (unpaired) electrons. The van der Waals surface area contributed by atoms with E-state index in [-0.39, 0.29) is 27.6 Å². The van der Waals surface area contributed by atoms with Crippen LogP contribution in [0.25, 0.3) is 6.08 Å². The van der Waals surface area contributed by atoms with Crippen molar-refractivity contribution in [3.8, 4) is 5.75 Å². The molecule has 0 saturated carbocycles. The van der Waals surface area contributed by atoms with Gasteiger partial charge in [0.25, 0.3) is 17.5 Å². The van der Waals surface area contributed by atoms with Crippen LogP contribution < -0.4 is 15.5 Å². The van der Waals surface area contributed by atoms with Crippen molar-refractivity contribution in [2.45, 2.75) is 0 Å². The predicted octanol–water partition coefficient (Wildman–Crippen LogP) is 8.06. The van der Waals surface area contributed by atoms with E-state index in [0.29, 0.717) is 30.8 Å². The molecule has 0 heterocycles. The minimum atomic E-state index is -0.753. The van der Waals surface area contributed by atoms with E-state index in [2.05, 4.69) is 47.7 Å². The van der Waals surface area contributed by atoms with Gasteiger partial charge in [0, 0.05) is 44.5 Å². The molecule has 222 valence electrons. The van der Waals surface area contributed by atoms with Gasteiger partial charge in [-0.05, 0) is 76.1 Å². The summed E-state index contributed by atoms with van der Waals surface area (Å²) >= 11 is 18.7. The summed E-state index contributed by atoms with van der Waals surface area (Å²) in [5.41, 5.74) is 3.82. The van der Waals surface area contributed by atoms with E-state index < -0.39 is 22.7 Å². The number of non-ortho nitro benzene ring substituents is 1. The SMILES string of the molecule is O=C(/C=C/c1cccc([N+](=O)[O-])c1)Oc1c(Br)cc(Br)cc1C=NNC(=O)c1cccc(NC(=O)c2ccc(Cl)cc2Cl)c1. The standard InChI is InChI=1S/C30H18Br2Cl2N4O6/c31-20-12-19(28(25(32)14-20)44-27(39)10-7-17-3-1-6-23(11-17)38(42)43)16-35-37-29(40)18-4-2-5-22(13-18)36-30(41)24-9-8-21(33)15-26(24)34/h1-16H,(H,36,41)(H,37,40)/b10-7+,35-16?. The number of ether oxygens (including phenoxy) is 1. The quantitative estimate of drug-likeness (QED) is 0.0442. The Labute approximate surface area is 277 Å². The number of benzene rings is 4. The number of nitro groups is 1. The molecule has 44 heavy (non-hydrogen) atoms. The molecule has 0 atom stereocenters. The molecule has 0 spiro atoms. The molecule has 0 bridgehead atoms. The Kier molecular flexibility index (Phi) is 11.0. The monoisotopic (exact) mass is 758 g/mol. The number of nitrogens with one attached hydrogen (secondary N) is 2. The van der Waals surface area contributed by atoms with Crippen LogP contribution in [-0.4, -0.2) is 28.9 Å². The van der Waals surface area contributed by atoms with Gasteiger partial charge in [-0.25, -0.2) is 10.2 Å². The van der Waals surface area contributed by atoms with E-state index in [1.165, 1.54) is 60.8 Å². The highest BCUT2D eigenvalue weighted by molar-refractivity contribution is 9.11. The van der Waals surface area contributed by atoms with Crippen molar-refractivity contribution in [2.75, 3.05) is 5.32 Å². The number of amides is 2.